The minimum atomic E-state index is -3.26. The van der Waals surface area contributed by atoms with Crippen LogP contribution in [0.5, 0.6) is 0 Å². The maximum atomic E-state index is 11.2. The third kappa shape index (κ3) is 1.29. The highest BCUT2D eigenvalue weighted by Gasteiger charge is 2.13. The van der Waals surface area contributed by atoms with Crippen molar-refractivity contribution < 1.29 is 8.42 Å². The smallest absolute Gasteiger partial charge is 0.232 e. The second kappa shape index (κ2) is 2.53. The van der Waals surface area contributed by atoms with Gasteiger partial charge in [-0.05, 0) is 0 Å². The molecule has 0 atom stereocenters. The Morgan fingerprint density at radius 2 is 2.15 bits per heavy atom. The summed E-state index contributed by atoms with van der Waals surface area (Å²) in [6.07, 6.45) is 7.25. The standard InChI is InChI=1S/C7H7N3O2S/c1-13(11,12)7-9-5-6-4-8-2-3-10(6)7/h2-5H,1H3. The fourth-order valence-electron chi connectivity index (χ4n) is 1.10. The van der Waals surface area contributed by atoms with E-state index in [0.29, 0.717) is 5.52 Å². The second-order valence-corrected chi connectivity index (χ2v) is 4.59. The Morgan fingerprint density at radius 3 is 2.85 bits per heavy atom. The topological polar surface area (TPSA) is 64.3 Å². The largest absolute Gasteiger partial charge is 0.288 e. The van der Waals surface area contributed by atoms with Crippen LogP contribution in [0, 0.1) is 0 Å². The normalized spacial score (nSPS) is 12.1. The number of nitrogens with zero attached hydrogens (tertiary/aromatic N) is 3. The van der Waals surface area contributed by atoms with Crippen molar-refractivity contribution in [3.63, 3.8) is 0 Å². The van der Waals surface area contributed by atoms with Crippen LogP contribution in [0.4, 0.5) is 0 Å². The number of imidazole rings is 1. The molecule has 2 heterocycles. The van der Waals surface area contributed by atoms with Gasteiger partial charge in [-0.3, -0.25) is 9.38 Å². The molecular formula is C7H7N3O2S. The zero-order valence-electron chi connectivity index (χ0n) is 6.88. The van der Waals surface area contributed by atoms with Crippen LogP contribution in [-0.4, -0.2) is 29.0 Å². The molecule has 0 radical (unpaired) electrons. The van der Waals surface area contributed by atoms with Gasteiger partial charge in [0.2, 0.25) is 15.0 Å². The van der Waals surface area contributed by atoms with E-state index in [-0.39, 0.29) is 5.16 Å². The SMILES string of the molecule is CS(=O)(=O)c1ncc2cnccn12. The van der Waals surface area contributed by atoms with Gasteiger partial charge in [-0.1, -0.05) is 0 Å². The first-order chi connectivity index (χ1) is 6.09. The molecule has 6 heteroatoms. The van der Waals surface area contributed by atoms with Crippen LogP contribution < -0.4 is 0 Å². The molecule has 0 bridgehead atoms. The van der Waals surface area contributed by atoms with E-state index in [1.807, 2.05) is 0 Å². The fourth-order valence-corrected chi connectivity index (χ4v) is 1.87. The van der Waals surface area contributed by atoms with Crippen LogP contribution in [0.25, 0.3) is 5.52 Å². The van der Waals surface area contributed by atoms with Crippen molar-refractivity contribution in [1.82, 2.24) is 14.4 Å². The molecule has 0 saturated heterocycles. The van der Waals surface area contributed by atoms with Gasteiger partial charge in [-0.2, -0.15) is 0 Å². The lowest BCUT2D eigenvalue weighted by Crippen LogP contribution is -2.03. The van der Waals surface area contributed by atoms with Gasteiger partial charge in [0.05, 0.1) is 17.9 Å². The summed E-state index contributed by atoms with van der Waals surface area (Å²) >= 11 is 0. The van der Waals surface area contributed by atoms with Crippen molar-refractivity contribution >= 4 is 15.4 Å². The van der Waals surface area contributed by atoms with Gasteiger partial charge >= 0.3 is 0 Å². The Labute approximate surface area is 75.0 Å². The van der Waals surface area contributed by atoms with Gasteiger partial charge in [0.25, 0.3) is 0 Å². The first kappa shape index (κ1) is 8.18. The number of hydrogen-bond acceptors (Lipinski definition) is 4. The summed E-state index contributed by atoms with van der Waals surface area (Å²) in [5.74, 6) is 0. The molecule has 68 valence electrons. The lowest BCUT2D eigenvalue weighted by Gasteiger charge is -1.96. The quantitative estimate of drug-likeness (QED) is 0.652. The van der Waals surface area contributed by atoms with E-state index in [1.54, 1.807) is 12.4 Å². The van der Waals surface area contributed by atoms with Gasteiger partial charge in [0.15, 0.2) is 0 Å². The van der Waals surface area contributed by atoms with E-state index in [2.05, 4.69) is 9.97 Å². The maximum absolute atomic E-state index is 11.2. The molecule has 0 aliphatic carbocycles. The second-order valence-electron chi connectivity index (χ2n) is 2.68. The van der Waals surface area contributed by atoms with E-state index in [9.17, 15) is 8.42 Å². The van der Waals surface area contributed by atoms with Gasteiger partial charge in [-0.15, -0.1) is 0 Å². The molecule has 0 aromatic carbocycles. The van der Waals surface area contributed by atoms with Crippen LogP contribution in [0.1, 0.15) is 0 Å². The van der Waals surface area contributed by atoms with E-state index in [0.717, 1.165) is 6.26 Å². The molecule has 0 spiro atoms. The third-order valence-corrected chi connectivity index (χ3v) is 2.60. The number of sulfone groups is 1. The summed E-state index contributed by atoms with van der Waals surface area (Å²) in [4.78, 5) is 7.65. The predicted molar refractivity (Wildman–Crippen MR) is 46.1 cm³/mol. The fraction of sp³-hybridized carbons (Fsp3) is 0.143. The average molecular weight is 197 g/mol. The van der Waals surface area contributed by atoms with E-state index in [1.165, 1.54) is 16.8 Å². The summed E-state index contributed by atoms with van der Waals surface area (Å²) in [6.45, 7) is 0. The predicted octanol–water partition coefficient (Wildman–Crippen LogP) is 0.133. The van der Waals surface area contributed by atoms with Crippen molar-refractivity contribution in [3.8, 4) is 0 Å². The molecule has 0 saturated carbocycles. The maximum Gasteiger partial charge on any atom is 0.232 e. The van der Waals surface area contributed by atoms with Gasteiger partial charge in [0, 0.05) is 18.6 Å². The lowest BCUT2D eigenvalue weighted by molar-refractivity contribution is 0.592. The molecular weight excluding hydrogens is 190 g/mol. The molecule has 0 aliphatic rings. The van der Waals surface area contributed by atoms with Gasteiger partial charge in [-0.25, -0.2) is 13.4 Å². The van der Waals surface area contributed by atoms with E-state index >= 15 is 0 Å². The van der Waals surface area contributed by atoms with Crippen LogP contribution in [0.15, 0.2) is 29.9 Å². The van der Waals surface area contributed by atoms with E-state index in [4.69, 9.17) is 0 Å². The van der Waals surface area contributed by atoms with Crippen molar-refractivity contribution in [1.29, 1.82) is 0 Å². The Morgan fingerprint density at radius 1 is 1.38 bits per heavy atom. The summed E-state index contributed by atoms with van der Waals surface area (Å²) < 4.78 is 23.9. The van der Waals surface area contributed by atoms with Crippen LogP contribution in [0.3, 0.4) is 0 Å². The summed E-state index contributed by atoms with van der Waals surface area (Å²) in [6, 6.07) is 0. The molecule has 2 aromatic rings. The van der Waals surface area contributed by atoms with Crippen molar-refractivity contribution in [2.75, 3.05) is 6.26 Å². The Kier molecular flexibility index (Phi) is 1.59. The monoisotopic (exact) mass is 197 g/mol. The molecule has 0 unspecified atom stereocenters. The zero-order valence-corrected chi connectivity index (χ0v) is 7.69. The van der Waals surface area contributed by atoms with Crippen molar-refractivity contribution in [3.05, 3.63) is 24.8 Å². The van der Waals surface area contributed by atoms with Crippen LogP contribution in [0.2, 0.25) is 0 Å². The minimum absolute atomic E-state index is 0.0462. The molecule has 0 amide bonds. The first-order valence-corrected chi connectivity index (χ1v) is 5.45. The molecule has 2 rings (SSSR count). The Bertz CT molecular complexity index is 544. The Hall–Kier alpha value is -1.43. The van der Waals surface area contributed by atoms with Gasteiger partial charge in [0.1, 0.15) is 0 Å². The molecule has 5 nitrogen and oxygen atoms in total. The molecule has 0 fully saturated rings. The molecule has 0 N–H and O–H groups in total. The van der Waals surface area contributed by atoms with Crippen molar-refractivity contribution in [2.24, 2.45) is 0 Å². The number of hydrogen-bond donors (Lipinski definition) is 0. The molecule has 0 aliphatic heterocycles. The number of rotatable bonds is 1. The Balaban J connectivity index is 2.87. The first-order valence-electron chi connectivity index (χ1n) is 3.56. The highest BCUT2D eigenvalue weighted by Crippen LogP contribution is 2.09. The number of fused-ring (bicyclic) bond motifs is 1. The van der Waals surface area contributed by atoms with Crippen LogP contribution >= 0.6 is 0 Å². The molecule has 13 heavy (non-hydrogen) atoms. The highest BCUT2D eigenvalue weighted by molar-refractivity contribution is 7.90. The third-order valence-electron chi connectivity index (χ3n) is 1.63. The number of aromatic nitrogens is 3. The highest BCUT2D eigenvalue weighted by atomic mass is 32.2. The minimum Gasteiger partial charge on any atom is -0.288 e. The molecule has 2 aromatic heterocycles. The van der Waals surface area contributed by atoms with Crippen molar-refractivity contribution in [2.45, 2.75) is 5.16 Å². The zero-order chi connectivity index (χ0) is 9.47. The van der Waals surface area contributed by atoms with Crippen LogP contribution in [-0.2, 0) is 9.84 Å². The summed E-state index contributed by atoms with van der Waals surface area (Å²) in [7, 11) is -3.26. The average Bonchev–Trinajstić information content (AvgIpc) is 2.45. The summed E-state index contributed by atoms with van der Waals surface area (Å²) in [5.41, 5.74) is 0.669. The van der Waals surface area contributed by atoms with E-state index < -0.39 is 9.84 Å². The summed E-state index contributed by atoms with van der Waals surface area (Å²) in [5, 5.41) is 0.0462. The lowest BCUT2D eigenvalue weighted by atomic mass is 10.6. The van der Waals surface area contributed by atoms with Gasteiger partial charge < -0.3 is 0 Å².